The highest BCUT2D eigenvalue weighted by molar-refractivity contribution is 6.42. The second kappa shape index (κ2) is 6.96. The summed E-state index contributed by atoms with van der Waals surface area (Å²) >= 11 is 11.7. The van der Waals surface area contributed by atoms with Gasteiger partial charge in [-0.05, 0) is 43.0 Å². The summed E-state index contributed by atoms with van der Waals surface area (Å²) in [5, 5.41) is 10.0. The molecule has 1 aromatic carbocycles. The molecule has 1 saturated heterocycles. The minimum Gasteiger partial charge on any atom is -0.480 e. The molecule has 1 atom stereocenters. The highest BCUT2D eigenvalue weighted by Gasteiger charge is 2.30. The van der Waals surface area contributed by atoms with E-state index in [0.29, 0.717) is 23.0 Å². The molecule has 1 fully saturated rings. The largest absolute Gasteiger partial charge is 0.480 e. The van der Waals surface area contributed by atoms with Crippen molar-refractivity contribution in [3.05, 3.63) is 39.9 Å². The molecule has 1 aromatic rings. The lowest BCUT2D eigenvalue weighted by atomic mass is 10.0. The van der Waals surface area contributed by atoms with E-state index >= 15 is 0 Å². The molecule has 6 heteroatoms. The van der Waals surface area contributed by atoms with Gasteiger partial charge in [-0.2, -0.15) is 0 Å². The molecular weight excluding hydrogens is 313 g/mol. The molecule has 0 spiro atoms. The maximum atomic E-state index is 12.2. The Kier molecular flexibility index (Phi) is 5.26. The molecule has 112 valence electrons. The van der Waals surface area contributed by atoms with Crippen LogP contribution in [0.2, 0.25) is 10.0 Å². The zero-order chi connectivity index (χ0) is 15.4. The van der Waals surface area contributed by atoms with Crippen molar-refractivity contribution in [1.82, 2.24) is 4.90 Å². The second-order valence-corrected chi connectivity index (χ2v) is 5.70. The van der Waals surface area contributed by atoms with Gasteiger partial charge in [-0.25, -0.2) is 4.79 Å². The van der Waals surface area contributed by atoms with Gasteiger partial charge >= 0.3 is 5.97 Å². The maximum absolute atomic E-state index is 12.2. The van der Waals surface area contributed by atoms with Crippen molar-refractivity contribution >= 4 is 41.2 Å². The molecule has 2 rings (SSSR count). The Morgan fingerprint density at radius 1 is 1.24 bits per heavy atom. The number of hydrogen-bond acceptors (Lipinski definition) is 2. The molecule has 0 bridgehead atoms. The van der Waals surface area contributed by atoms with Gasteiger partial charge in [0.1, 0.15) is 6.04 Å². The number of halogens is 2. The summed E-state index contributed by atoms with van der Waals surface area (Å²) < 4.78 is 0. The van der Waals surface area contributed by atoms with E-state index in [9.17, 15) is 9.59 Å². The topological polar surface area (TPSA) is 57.6 Å². The predicted octanol–water partition coefficient (Wildman–Crippen LogP) is 3.47. The fourth-order valence-corrected chi connectivity index (χ4v) is 2.64. The van der Waals surface area contributed by atoms with E-state index in [1.165, 1.54) is 11.0 Å². The molecule has 1 heterocycles. The van der Waals surface area contributed by atoms with Crippen LogP contribution in [0, 0.1) is 0 Å². The molecule has 0 radical (unpaired) electrons. The van der Waals surface area contributed by atoms with Crippen LogP contribution in [0.15, 0.2) is 24.3 Å². The molecule has 4 nitrogen and oxygen atoms in total. The number of piperidine rings is 1. The minimum absolute atomic E-state index is 0.298. The van der Waals surface area contributed by atoms with Crippen molar-refractivity contribution in [3.63, 3.8) is 0 Å². The van der Waals surface area contributed by atoms with E-state index in [1.54, 1.807) is 24.3 Å². The number of carbonyl (C=O) groups excluding carboxylic acids is 1. The average molecular weight is 328 g/mol. The van der Waals surface area contributed by atoms with Crippen molar-refractivity contribution in [2.24, 2.45) is 0 Å². The zero-order valence-corrected chi connectivity index (χ0v) is 12.8. The summed E-state index contributed by atoms with van der Waals surface area (Å²) in [6.07, 6.45) is 5.15. The quantitative estimate of drug-likeness (QED) is 0.865. The summed E-state index contributed by atoms with van der Waals surface area (Å²) in [7, 11) is 0. The fourth-order valence-electron chi connectivity index (χ4n) is 2.33. The lowest BCUT2D eigenvalue weighted by Crippen LogP contribution is -2.47. The molecule has 1 N–H and O–H groups in total. The van der Waals surface area contributed by atoms with Crippen molar-refractivity contribution in [2.75, 3.05) is 6.54 Å². The fraction of sp³-hybridized carbons (Fsp3) is 0.333. The van der Waals surface area contributed by atoms with Crippen LogP contribution in [0.25, 0.3) is 6.08 Å². The van der Waals surface area contributed by atoms with E-state index in [0.717, 1.165) is 18.4 Å². The van der Waals surface area contributed by atoms with Gasteiger partial charge in [-0.15, -0.1) is 0 Å². The van der Waals surface area contributed by atoms with E-state index in [2.05, 4.69) is 0 Å². The first-order valence-electron chi connectivity index (χ1n) is 6.65. The second-order valence-electron chi connectivity index (χ2n) is 4.89. The number of amides is 1. The van der Waals surface area contributed by atoms with Crippen molar-refractivity contribution in [3.8, 4) is 0 Å². The summed E-state index contributed by atoms with van der Waals surface area (Å²) in [6.45, 7) is 0.474. The first-order valence-corrected chi connectivity index (χ1v) is 7.41. The van der Waals surface area contributed by atoms with Crippen molar-refractivity contribution in [2.45, 2.75) is 25.3 Å². The van der Waals surface area contributed by atoms with Crippen LogP contribution in [0.1, 0.15) is 24.8 Å². The average Bonchev–Trinajstić information content (AvgIpc) is 2.48. The van der Waals surface area contributed by atoms with Crippen LogP contribution >= 0.6 is 23.2 Å². The smallest absolute Gasteiger partial charge is 0.326 e. The number of carboxylic acid groups (broad SMARTS) is 1. The molecular formula is C15H15Cl2NO3. The monoisotopic (exact) mass is 327 g/mol. The number of aliphatic carboxylic acids is 1. The zero-order valence-electron chi connectivity index (χ0n) is 11.3. The first kappa shape index (κ1) is 15.9. The number of likely N-dealkylation sites (tertiary alicyclic amines) is 1. The number of hydrogen-bond donors (Lipinski definition) is 1. The number of benzene rings is 1. The van der Waals surface area contributed by atoms with Crippen molar-refractivity contribution < 1.29 is 14.7 Å². The SMILES string of the molecule is O=C(O)C1CCCCN1C(=O)/C=C/c1ccc(Cl)c(Cl)c1. The molecule has 21 heavy (non-hydrogen) atoms. The van der Waals surface area contributed by atoms with Crippen molar-refractivity contribution in [1.29, 1.82) is 0 Å². The molecule has 1 unspecified atom stereocenters. The predicted molar refractivity (Wildman–Crippen MR) is 82.5 cm³/mol. The Morgan fingerprint density at radius 3 is 2.67 bits per heavy atom. The van der Waals surface area contributed by atoms with Gasteiger partial charge < -0.3 is 10.0 Å². The minimum atomic E-state index is -0.953. The summed E-state index contributed by atoms with van der Waals surface area (Å²) in [5.74, 6) is -1.25. The number of carboxylic acids is 1. The van der Waals surface area contributed by atoms with Crippen LogP contribution < -0.4 is 0 Å². The Morgan fingerprint density at radius 2 is 2.00 bits per heavy atom. The molecule has 0 aliphatic carbocycles. The van der Waals surface area contributed by atoms with Gasteiger partial charge in [0.05, 0.1) is 10.0 Å². The molecule has 1 aliphatic heterocycles. The number of carbonyl (C=O) groups is 2. The molecule has 1 aliphatic rings. The summed E-state index contributed by atoms with van der Waals surface area (Å²) in [5.41, 5.74) is 0.738. The molecule has 0 saturated carbocycles. The highest BCUT2D eigenvalue weighted by atomic mass is 35.5. The first-order chi connectivity index (χ1) is 9.99. The lowest BCUT2D eigenvalue weighted by Gasteiger charge is -2.32. The van der Waals surface area contributed by atoms with E-state index in [-0.39, 0.29) is 5.91 Å². The molecule has 0 aromatic heterocycles. The third kappa shape index (κ3) is 3.99. The third-order valence-corrected chi connectivity index (χ3v) is 4.17. The number of rotatable bonds is 3. The Labute approximate surface area is 133 Å². The third-order valence-electron chi connectivity index (χ3n) is 3.43. The number of nitrogens with zero attached hydrogens (tertiary/aromatic N) is 1. The van der Waals surface area contributed by atoms with Gasteiger partial charge in [-0.3, -0.25) is 4.79 Å². The van der Waals surface area contributed by atoms with Gasteiger partial charge in [0.25, 0.3) is 0 Å². The van der Waals surface area contributed by atoms with Gasteiger partial charge in [-0.1, -0.05) is 29.3 Å². The summed E-state index contributed by atoms with van der Waals surface area (Å²) in [4.78, 5) is 24.7. The van der Waals surface area contributed by atoms with Gasteiger partial charge in [0.15, 0.2) is 0 Å². The Bertz CT molecular complexity index is 586. The summed E-state index contributed by atoms with van der Waals surface area (Å²) in [6, 6.07) is 4.31. The Hall–Kier alpha value is -1.52. The normalized spacial score (nSPS) is 19.0. The lowest BCUT2D eigenvalue weighted by molar-refractivity contribution is -0.150. The van der Waals surface area contributed by atoms with Crippen LogP contribution in [0.3, 0.4) is 0 Å². The Balaban J connectivity index is 2.10. The highest BCUT2D eigenvalue weighted by Crippen LogP contribution is 2.23. The molecule has 1 amide bonds. The van der Waals surface area contributed by atoms with Gasteiger partial charge in [0, 0.05) is 12.6 Å². The van der Waals surface area contributed by atoms with E-state index in [1.807, 2.05) is 0 Å². The van der Waals surface area contributed by atoms with E-state index < -0.39 is 12.0 Å². The maximum Gasteiger partial charge on any atom is 0.326 e. The van der Waals surface area contributed by atoms with Crippen LogP contribution in [-0.2, 0) is 9.59 Å². The van der Waals surface area contributed by atoms with Gasteiger partial charge in [0.2, 0.25) is 5.91 Å². The van der Waals surface area contributed by atoms with Crippen LogP contribution in [0.4, 0.5) is 0 Å². The van der Waals surface area contributed by atoms with E-state index in [4.69, 9.17) is 28.3 Å². The standard InChI is InChI=1S/C15H15Cl2NO3/c16-11-6-4-10(9-12(11)17)5-7-14(19)18-8-2-1-3-13(18)15(20)21/h4-7,9,13H,1-3,8H2,(H,20,21)/b7-5+. The van der Waals surface area contributed by atoms with Crippen LogP contribution in [0.5, 0.6) is 0 Å². The van der Waals surface area contributed by atoms with Crippen LogP contribution in [-0.4, -0.2) is 34.5 Å².